The molecule has 0 aliphatic carbocycles. The predicted molar refractivity (Wildman–Crippen MR) is 111 cm³/mol. The van der Waals surface area contributed by atoms with Crippen molar-refractivity contribution in [3.05, 3.63) is 53.5 Å². The Labute approximate surface area is 179 Å². The summed E-state index contributed by atoms with van der Waals surface area (Å²) in [5, 5.41) is 2.65. The molecule has 2 aromatic rings. The van der Waals surface area contributed by atoms with Crippen LogP contribution in [0.3, 0.4) is 0 Å². The number of hydrogen-bond donors (Lipinski definition) is 1. The standard InChI is InChI=1S/C20H21ClN2O6S/c21-17-8-7-16(30(26,27)23-10-2-1-3-11-23)13-18(17)22-19(24)14-29-20(25)9-6-15-5-4-12-28-15/h4-9,12-13H,1-3,10-11,14H2,(H,22,24)/b9-6+. The van der Waals surface area contributed by atoms with Gasteiger partial charge in [0.15, 0.2) is 6.61 Å². The Kier molecular flexibility index (Phi) is 7.30. The Morgan fingerprint density at radius 3 is 2.67 bits per heavy atom. The van der Waals surface area contributed by atoms with Gasteiger partial charge in [-0.2, -0.15) is 4.31 Å². The van der Waals surface area contributed by atoms with Crippen molar-refractivity contribution in [2.24, 2.45) is 0 Å². The first-order chi connectivity index (χ1) is 14.4. The molecule has 2 heterocycles. The third kappa shape index (κ3) is 5.71. The van der Waals surface area contributed by atoms with Crippen molar-refractivity contribution in [3.8, 4) is 0 Å². The summed E-state index contributed by atoms with van der Waals surface area (Å²) < 4.78 is 36.9. The van der Waals surface area contributed by atoms with Gasteiger partial charge >= 0.3 is 5.97 Å². The fourth-order valence-corrected chi connectivity index (χ4v) is 4.63. The van der Waals surface area contributed by atoms with E-state index in [1.165, 1.54) is 34.8 Å². The van der Waals surface area contributed by atoms with Crippen molar-refractivity contribution in [1.82, 2.24) is 4.31 Å². The lowest BCUT2D eigenvalue weighted by atomic mass is 10.2. The molecule has 10 heteroatoms. The fourth-order valence-electron chi connectivity index (χ4n) is 2.92. The Morgan fingerprint density at radius 1 is 1.20 bits per heavy atom. The number of carbonyl (C=O) groups is 2. The molecular weight excluding hydrogens is 432 g/mol. The molecule has 1 aliphatic rings. The van der Waals surface area contributed by atoms with Crippen LogP contribution in [0.1, 0.15) is 25.0 Å². The number of amides is 1. The van der Waals surface area contributed by atoms with Gasteiger partial charge in [0.1, 0.15) is 5.76 Å². The van der Waals surface area contributed by atoms with Crippen LogP contribution in [0, 0.1) is 0 Å². The molecule has 160 valence electrons. The number of furan rings is 1. The molecule has 1 amide bonds. The first-order valence-corrected chi connectivity index (χ1v) is 11.2. The molecule has 0 saturated carbocycles. The van der Waals surface area contributed by atoms with Crippen LogP contribution in [0.15, 0.2) is 52.0 Å². The number of esters is 1. The summed E-state index contributed by atoms with van der Waals surface area (Å²) in [4.78, 5) is 23.8. The number of halogens is 1. The van der Waals surface area contributed by atoms with Crippen molar-refractivity contribution >= 4 is 45.3 Å². The van der Waals surface area contributed by atoms with Gasteiger partial charge in [0.05, 0.1) is 21.9 Å². The molecule has 3 rings (SSSR count). The van der Waals surface area contributed by atoms with Gasteiger partial charge in [-0.1, -0.05) is 18.0 Å². The largest absolute Gasteiger partial charge is 0.465 e. The minimum atomic E-state index is -3.67. The molecule has 0 bridgehead atoms. The van der Waals surface area contributed by atoms with Crippen molar-refractivity contribution in [1.29, 1.82) is 0 Å². The minimum absolute atomic E-state index is 0.0440. The van der Waals surface area contributed by atoms with Crippen molar-refractivity contribution in [3.63, 3.8) is 0 Å². The van der Waals surface area contributed by atoms with E-state index in [1.54, 1.807) is 12.1 Å². The van der Waals surface area contributed by atoms with E-state index in [2.05, 4.69) is 5.32 Å². The summed E-state index contributed by atoms with van der Waals surface area (Å²) >= 11 is 6.09. The maximum Gasteiger partial charge on any atom is 0.331 e. The van der Waals surface area contributed by atoms with E-state index in [9.17, 15) is 18.0 Å². The van der Waals surface area contributed by atoms with E-state index in [0.29, 0.717) is 18.8 Å². The summed E-state index contributed by atoms with van der Waals surface area (Å²) in [7, 11) is -3.67. The molecule has 1 aromatic heterocycles. The highest BCUT2D eigenvalue weighted by Crippen LogP contribution is 2.28. The number of rotatable bonds is 7. The molecule has 0 unspecified atom stereocenters. The summed E-state index contributed by atoms with van der Waals surface area (Å²) in [5.41, 5.74) is 0.127. The second-order valence-electron chi connectivity index (χ2n) is 6.61. The second kappa shape index (κ2) is 9.92. The van der Waals surface area contributed by atoms with Crippen LogP contribution < -0.4 is 5.32 Å². The maximum absolute atomic E-state index is 12.8. The molecule has 0 radical (unpaired) electrons. The average Bonchev–Trinajstić information content (AvgIpc) is 3.26. The Morgan fingerprint density at radius 2 is 1.97 bits per heavy atom. The van der Waals surface area contributed by atoms with Crippen molar-refractivity contribution < 1.29 is 27.2 Å². The Hall–Kier alpha value is -2.62. The summed E-state index contributed by atoms with van der Waals surface area (Å²) in [6, 6.07) is 7.45. The zero-order valence-corrected chi connectivity index (χ0v) is 17.6. The van der Waals surface area contributed by atoms with Crippen LogP contribution in [0.4, 0.5) is 5.69 Å². The van der Waals surface area contributed by atoms with Crippen LogP contribution in [0.5, 0.6) is 0 Å². The number of nitrogens with zero attached hydrogens (tertiary/aromatic N) is 1. The van der Waals surface area contributed by atoms with E-state index in [4.69, 9.17) is 20.8 Å². The highest BCUT2D eigenvalue weighted by molar-refractivity contribution is 7.89. The molecule has 1 saturated heterocycles. The third-order valence-electron chi connectivity index (χ3n) is 4.44. The van der Waals surface area contributed by atoms with E-state index >= 15 is 0 Å². The molecule has 1 aliphatic heterocycles. The van der Waals surface area contributed by atoms with Gasteiger partial charge in [0, 0.05) is 19.2 Å². The van der Waals surface area contributed by atoms with E-state index in [0.717, 1.165) is 25.3 Å². The maximum atomic E-state index is 12.8. The number of ether oxygens (including phenoxy) is 1. The number of nitrogens with one attached hydrogen (secondary N) is 1. The van der Waals surface area contributed by atoms with Gasteiger partial charge in [0.25, 0.3) is 5.91 Å². The van der Waals surface area contributed by atoms with Crippen molar-refractivity contribution in [2.75, 3.05) is 25.0 Å². The molecule has 0 atom stereocenters. The first-order valence-electron chi connectivity index (χ1n) is 9.34. The number of piperidine rings is 1. The van der Waals surface area contributed by atoms with Gasteiger partial charge in [-0.25, -0.2) is 13.2 Å². The number of anilines is 1. The number of sulfonamides is 1. The molecule has 30 heavy (non-hydrogen) atoms. The molecule has 1 N–H and O–H groups in total. The smallest absolute Gasteiger partial charge is 0.331 e. The average molecular weight is 453 g/mol. The lowest BCUT2D eigenvalue weighted by Gasteiger charge is -2.26. The molecule has 8 nitrogen and oxygen atoms in total. The van der Waals surface area contributed by atoms with Gasteiger partial charge in [0.2, 0.25) is 10.0 Å². The highest BCUT2D eigenvalue weighted by atomic mass is 35.5. The number of hydrogen-bond acceptors (Lipinski definition) is 6. The first kappa shape index (κ1) is 22.1. The second-order valence-corrected chi connectivity index (χ2v) is 8.96. The predicted octanol–water partition coefficient (Wildman–Crippen LogP) is 3.30. The van der Waals surface area contributed by atoms with Gasteiger partial charge in [-0.3, -0.25) is 4.79 Å². The van der Waals surface area contributed by atoms with Gasteiger partial charge in [-0.05, 0) is 49.2 Å². The van der Waals surface area contributed by atoms with E-state index < -0.39 is 28.5 Å². The normalized spacial score (nSPS) is 15.2. The SMILES string of the molecule is O=C(COC(=O)/C=C/c1ccco1)Nc1cc(S(=O)(=O)N2CCCCC2)ccc1Cl. The molecular formula is C20H21ClN2O6S. The lowest BCUT2D eigenvalue weighted by molar-refractivity contribution is -0.142. The zero-order valence-electron chi connectivity index (χ0n) is 16.0. The van der Waals surface area contributed by atoms with Gasteiger partial charge < -0.3 is 14.5 Å². The quantitative estimate of drug-likeness (QED) is 0.510. The lowest BCUT2D eigenvalue weighted by Crippen LogP contribution is -2.35. The number of benzene rings is 1. The molecule has 0 spiro atoms. The van der Waals surface area contributed by atoms with Crippen LogP contribution in [0.25, 0.3) is 6.08 Å². The topological polar surface area (TPSA) is 106 Å². The van der Waals surface area contributed by atoms with Crippen LogP contribution >= 0.6 is 11.6 Å². The van der Waals surface area contributed by atoms with E-state index in [-0.39, 0.29) is 15.6 Å². The minimum Gasteiger partial charge on any atom is -0.465 e. The van der Waals surface area contributed by atoms with Crippen LogP contribution in [-0.2, 0) is 24.3 Å². The van der Waals surface area contributed by atoms with E-state index in [1.807, 2.05) is 0 Å². The Bertz CT molecular complexity index is 1030. The molecule has 1 aromatic carbocycles. The summed E-state index contributed by atoms with van der Waals surface area (Å²) in [5.74, 6) is -0.909. The summed E-state index contributed by atoms with van der Waals surface area (Å²) in [6.07, 6.45) is 6.63. The monoisotopic (exact) mass is 452 g/mol. The van der Waals surface area contributed by atoms with Gasteiger partial charge in [-0.15, -0.1) is 0 Å². The molecule has 1 fully saturated rings. The highest BCUT2D eigenvalue weighted by Gasteiger charge is 2.26. The number of carbonyl (C=O) groups excluding carboxylic acids is 2. The summed E-state index contributed by atoms with van der Waals surface area (Å²) in [6.45, 7) is 0.378. The zero-order chi connectivity index (χ0) is 21.6. The van der Waals surface area contributed by atoms with Crippen LogP contribution in [-0.4, -0.2) is 44.3 Å². The third-order valence-corrected chi connectivity index (χ3v) is 6.66. The van der Waals surface area contributed by atoms with Crippen molar-refractivity contribution in [2.45, 2.75) is 24.2 Å². The van der Waals surface area contributed by atoms with Crippen LogP contribution in [0.2, 0.25) is 5.02 Å². The Balaban J connectivity index is 1.61. The fraction of sp³-hybridized carbons (Fsp3) is 0.300.